The summed E-state index contributed by atoms with van der Waals surface area (Å²) in [6.07, 6.45) is 2.01. The second kappa shape index (κ2) is 6.16. The number of hydrogen-bond donors (Lipinski definition) is 1. The Morgan fingerprint density at radius 1 is 1.35 bits per heavy atom. The summed E-state index contributed by atoms with van der Waals surface area (Å²) in [5.74, 6) is 1.76. The highest BCUT2D eigenvalue weighted by Crippen LogP contribution is 2.37. The third-order valence-corrected chi connectivity index (χ3v) is 5.70. The topological polar surface area (TPSA) is 41.6 Å². The molecule has 0 unspecified atom stereocenters. The molecule has 0 bridgehead atoms. The van der Waals surface area contributed by atoms with E-state index >= 15 is 0 Å². The number of aromatic amines is 1. The van der Waals surface area contributed by atoms with Crippen molar-refractivity contribution >= 4 is 44.8 Å². The number of H-pyrrole nitrogens is 1. The molecule has 0 saturated carbocycles. The molecule has 0 spiro atoms. The molecule has 0 amide bonds. The van der Waals surface area contributed by atoms with Crippen LogP contribution in [-0.4, -0.2) is 15.2 Å². The van der Waals surface area contributed by atoms with E-state index in [1.165, 1.54) is 9.58 Å². The van der Waals surface area contributed by atoms with Gasteiger partial charge in [0, 0.05) is 27.1 Å². The maximum absolute atomic E-state index is 6.43. The predicted octanol–water partition coefficient (Wildman–Crippen LogP) is 4.92. The molecule has 0 atom stereocenters. The highest BCUT2D eigenvalue weighted by molar-refractivity contribution is 7.98. The lowest BCUT2D eigenvalue weighted by Gasteiger charge is -1.95. The lowest BCUT2D eigenvalue weighted by Crippen LogP contribution is -1.85. The van der Waals surface area contributed by atoms with E-state index in [-0.39, 0.29) is 0 Å². The molecule has 3 rings (SSSR count). The molecule has 0 radical (unpaired) electrons. The average molecular weight is 324 g/mol. The Bertz CT molecular complexity index is 720. The number of halogens is 1. The van der Waals surface area contributed by atoms with E-state index in [4.69, 9.17) is 11.6 Å². The zero-order valence-electron chi connectivity index (χ0n) is 11.0. The number of aromatic nitrogens is 3. The number of nitrogens with zero attached hydrogens (tertiary/aromatic N) is 2. The molecule has 2 aromatic heterocycles. The van der Waals surface area contributed by atoms with E-state index in [2.05, 4.69) is 34.2 Å². The van der Waals surface area contributed by atoms with E-state index < -0.39 is 0 Å². The van der Waals surface area contributed by atoms with Crippen LogP contribution in [0.2, 0.25) is 5.02 Å². The minimum Gasteiger partial charge on any atom is -0.262 e. The molecule has 3 aromatic rings. The quantitative estimate of drug-likeness (QED) is 0.678. The first-order valence-corrected chi connectivity index (χ1v) is 8.66. The van der Waals surface area contributed by atoms with E-state index in [0.29, 0.717) is 0 Å². The van der Waals surface area contributed by atoms with Gasteiger partial charge < -0.3 is 0 Å². The van der Waals surface area contributed by atoms with Crippen LogP contribution in [0.15, 0.2) is 29.4 Å². The van der Waals surface area contributed by atoms with E-state index in [1.807, 2.05) is 12.1 Å². The SMILES string of the molecule is CCCc1nc(SCc2sc3ccccc3c2Cl)n[nH]1. The fraction of sp³-hybridized carbons (Fsp3) is 0.286. The van der Waals surface area contributed by atoms with Gasteiger partial charge in [0.15, 0.2) is 0 Å². The summed E-state index contributed by atoms with van der Waals surface area (Å²) < 4.78 is 1.23. The van der Waals surface area contributed by atoms with Gasteiger partial charge in [-0.1, -0.05) is 48.5 Å². The van der Waals surface area contributed by atoms with Crippen molar-refractivity contribution in [1.29, 1.82) is 0 Å². The highest BCUT2D eigenvalue weighted by Gasteiger charge is 2.11. The van der Waals surface area contributed by atoms with Gasteiger partial charge in [-0.25, -0.2) is 4.98 Å². The van der Waals surface area contributed by atoms with Crippen LogP contribution < -0.4 is 0 Å². The van der Waals surface area contributed by atoms with Crippen molar-refractivity contribution in [3.05, 3.63) is 40.0 Å². The Morgan fingerprint density at radius 2 is 2.20 bits per heavy atom. The molecule has 2 heterocycles. The van der Waals surface area contributed by atoms with Crippen LogP contribution in [0, 0.1) is 0 Å². The van der Waals surface area contributed by atoms with Gasteiger partial charge in [-0.2, -0.15) is 0 Å². The maximum Gasteiger partial charge on any atom is 0.208 e. The van der Waals surface area contributed by atoms with Crippen LogP contribution >= 0.6 is 34.7 Å². The fourth-order valence-corrected chi connectivity index (χ4v) is 4.45. The maximum atomic E-state index is 6.43. The van der Waals surface area contributed by atoms with Crippen LogP contribution in [0.1, 0.15) is 24.0 Å². The van der Waals surface area contributed by atoms with E-state index in [0.717, 1.165) is 40.0 Å². The molecular formula is C14H14ClN3S2. The van der Waals surface area contributed by atoms with Gasteiger partial charge in [0.05, 0.1) is 5.02 Å². The Hall–Kier alpha value is -1.04. The summed E-state index contributed by atoms with van der Waals surface area (Å²) in [5, 5.41) is 9.99. The second-order valence-corrected chi connectivity index (χ2v) is 6.90. The number of fused-ring (bicyclic) bond motifs is 1. The Morgan fingerprint density at radius 3 is 3.00 bits per heavy atom. The number of rotatable bonds is 5. The molecule has 3 nitrogen and oxygen atoms in total. The monoisotopic (exact) mass is 323 g/mol. The Balaban J connectivity index is 1.74. The number of thioether (sulfide) groups is 1. The Kier molecular flexibility index (Phi) is 4.29. The normalized spacial score (nSPS) is 11.3. The summed E-state index contributed by atoms with van der Waals surface area (Å²) in [6, 6.07) is 8.23. The van der Waals surface area contributed by atoms with Crippen molar-refractivity contribution in [3.8, 4) is 0 Å². The number of hydrogen-bond acceptors (Lipinski definition) is 4. The standard InChI is InChI=1S/C14H14ClN3S2/c1-2-5-12-16-14(18-17-12)19-8-11-13(15)9-6-3-4-7-10(9)20-11/h3-4,6-7H,2,5,8H2,1H3,(H,16,17,18). The van der Waals surface area contributed by atoms with Gasteiger partial charge in [-0.15, -0.1) is 16.4 Å². The van der Waals surface area contributed by atoms with Gasteiger partial charge in [-0.05, 0) is 12.5 Å². The summed E-state index contributed by atoms with van der Waals surface area (Å²) in [6.45, 7) is 2.13. The van der Waals surface area contributed by atoms with Crippen LogP contribution in [0.4, 0.5) is 0 Å². The molecular weight excluding hydrogens is 310 g/mol. The van der Waals surface area contributed by atoms with Crippen molar-refractivity contribution in [2.45, 2.75) is 30.7 Å². The van der Waals surface area contributed by atoms with E-state index in [1.54, 1.807) is 23.1 Å². The van der Waals surface area contributed by atoms with Crippen molar-refractivity contribution in [1.82, 2.24) is 15.2 Å². The molecule has 1 aromatic carbocycles. The number of benzene rings is 1. The van der Waals surface area contributed by atoms with Gasteiger partial charge in [-0.3, -0.25) is 5.10 Å². The number of nitrogens with one attached hydrogen (secondary N) is 1. The van der Waals surface area contributed by atoms with Gasteiger partial charge in [0.2, 0.25) is 5.16 Å². The van der Waals surface area contributed by atoms with Crippen molar-refractivity contribution in [2.75, 3.05) is 0 Å². The number of thiophene rings is 1. The van der Waals surface area contributed by atoms with Crippen LogP contribution in [0.25, 0.3) is 10.1 Å². The highest BCUT2D eigenvalue weighted by atomic mass is 35.5. The van der Waals surface area contributed by atoms with Crippen molar-refractivity contribution in [3.63, 3.8) is 0 Å². The van der Waals surface area contributed by atoms with Crippen LogP contribution in [-0.2, 0) is 12.2 Å². The van der Waals surface area contributed by atoms with Gasteiger partial charge >= 0.3 is 0 Å². The first-order chi connectivity index (χ1) is 9.78. The molecule has 20 heavy (non-hydrogen) atoms. The zero-order chi connectivity index (χ0) is 13.9. The first-order valence-electron chi connectivity index (χ1n) is 6.48. The lowest BCUT2D eigenvalue weighted by atomic mass is 10.2. The molecule has 0 aliphatic carbocycles. The van der Waals surface area contributed by atoms with E-state index in [9.17, 15) is 0 Å². The molecule has 0 aliphatic rings. The van der Waals surface area contributed by atoms with Crippen molar-refractivity contribution in [2.24, 2.45) is 0 Å². The summed E-state index contributed by atoms with van der Waals surface area (Å²) in [4.78, 5) is 5.64. The zero-order valence-corrected chi connectivity index (χ0v) is 13.4. The molecule has 0 saturated heterocycles. The Labute approximate surface area is 130 Å². The molecule has 0 fully saturated rings. The summed E-state index contributed by atoms with van der Waals surface area (Å²) in [5.41, 5.74) is 0. The third-order valence-electron chi connectivity index (χ3n) is 2.93. The predicted molar refractivity (Wildman–Crippen MR) is 86.8 cm³/mol. The molecule has 1 N–H and O–H groups in total. The minimum absolute atomic E-state index is 0.793. The smallest absolute Gasteiger partial charge is 0.208 e. The van der Waals surface area contributed by atoms with Gasteiger partial charge in [0.25, 0.3) is 0 Å². The van der Waals surface area contributed by atoms with Crippen LogP contribution in [0.3, 0.4) is 0 Å². The number of aryl methyl sites for hydroxylation is 1. The molecule has 0 aliphatic heterocycles. The lowest BCUT2D eigenvalue weighted by molar-refractivity contribution is 0.840. The second-order valence-electron chi connectivity index (χ2n) is 4.44. The third kappa shape index (κ3) is 2.85. The fourth-order valence-electron chi connectivity index (χ4n) is 1.98. The van der Waals surface area contributed by atoms with Crippen molar-refractivity contribution < 1.29 is 0 Å². The minimum atomic E-state index is 0.793. The van der Waals surface area contributed by atoms with Crippen LogP contribution in [0.5, 0.6) is 0 Å². The largest absolute Gasteiger partial charge is 0.262 e. The summed E-state index contributed by atoms with van der Waals surface area (Å²) >= 11 is 9.79. The van der Waals surface area contributed by atoms with Gasteiger partial charge in [0.1, 0.15) is 5.82 Å². The molecule has 104 valence electrons. The molecule has 6 heteroatoms. The first kappa shape index (κ1) is 13.9. The summed E-state index contributed by atoms with van der Waals surface area (Å²) in [7, 11) is 0. The average Bonchev–Trinajstić information content (AvgIpc) is 3.03.